The Morgan fingerprint density at radius 3 is 1.56 bits per heavy atom. The van der Waals surface area contributed by atoms with Crippen molar-refractivity contribution in [2.24, 2.45) is 0 Å². The number of benzene rings is 1. The molecule has 1 aromatic rings. The summed E-state index contributed by atoms with van der Waals surface area (Å²) in [5.74, 6) is 0. The second-order valence-electron chi connectivity index (χ2n) is 5.69. The van der Waals surface area contributed by atoms with E-state index in [0.29, 0.717) is 24.3 Å². The topological polar surface area (TPSA) is 152 Å². The molecule has 27 heavy (non-hydrogen) atoms. The van der Waals surface area contributed by atoms with Crippen LogP contribution in [0.4, 0.5) is 0 Å². The van der Waals surface area contributed by atoms with E-state index >= 15 is 0 Å². The van der Waals surface area contributed by atoms with Crippen molar-refractivity contribution in [2.45, 2.75) is 25.0 Å². The molecule has 0 N–H and O–H groups in total. The maximum Gasteiger partial charge on any atom is 0.265 e. The largest absolute Gasteiger partial charge is 0.265 e. The van der Waals surface area contributed by atoms with Crippen molar-refractivity contribution in [2.75, 3.05) is 18.8 Å². The van der Waals surface area contributed by atoms with Crippen LogP contribution in [0.1, 0.15) is 12.5 Å². The standard InChI is InChI=1S/C12H20N2O9S4/c1-10-6-8-12(9-7-10)27(21,22)13(11(2)23-26(5,19)20)14(24(3,15)16)25(4,17)18/h6-9,11H,1-5H3. The van der Waals surface area contributed by atoms with Crippen molar-refractivity contribution in [1.29, 1.82) is 0 Å². The molecule has 0 radical (unpaired) electrons. The van der Waals surface area contributed by atoms with Crippen LogP contribution in [-0.2, 0) is 44.4 Å². The molecule has 156 valence electrons. The fourth-order valence-corrected chi connectivity index (χ4v) is 8.08. The first-order valence-electron chi connectivity index (χ1n) is 7.07. The Bertz CT molecular complexity index is 1070. The summed E-state index contributed by atoms with van der Waals surface area (Å²) >= 11 is 0. The number of nitrogens with zero attached hydrogens (tertiary/aromatic N) is 2. The maximum atomic E-state index is 13.0. The molecule has 0 aromatic heterocycles. The number of hydrogen-bond acceptors (Lipinski definition) is 9. The van der Waals surface area contributed by atoms with Gasteiger partial charge in [-0.3, -0.25) is 0 Å². The third-order valence-electron chi connectivity index (χ3n) is 2.92. The minimum absolute atomic E-state index is 0.136. The van der Waals surface area contributed by atoms with Gasteiger partial charge in [0.25, 0.3) is 20.1 Å². The molecule has 0 bridgehead atoms. The number of hydrazine groups is 1. The van der Waals surface area contributed by atoms with Crippen molar-refractivity contribution in [3.8, 4) is 0 Å². The van der Waals surface area contributed by atoms with E-state index in [1.165, 1.54) is 12.1 Å². The molecule has 0 saturated heterocycles. The van der Waals surface area contributed by atoms with E-state index in [0.717, 1.165) is 19.1 Å². The highest BCUT2D eigenvalue weighted by Gasteiger charge is 2.45. The molecule has 1 rings (SSSR count). The number of hydrogen-bond donors (Lipinski definition) is 0. The lowest BCUT2D eigenvalue weighted by Crippen LogP contribution is -2.56. The van der Waals surface area contributed by atoms with Gasteiger partial charge in [-0.25, -0.2) is 29.4 Å². The minimum atomic E-state index is -4.84. The van der Waals surface area contributed by atoms with Crippen LogP contribution in [0.25, 0.3) is 0 Å². The molecule has 11 nitrogen and oxygen atoms in total. The highest BCUT2D eigenvalue weighted by molar-refractivity contribution is 8.04. The average Bonchev–Trinajstić information content (AvgIpc) is 2.40. The van der Waals surface area contributed by atoms with Gasteiger partial charge in [-0.1, -0.05) is 22.1 Å². The predicted octanol–water partition coefficient (Wildman–Crippen LogP) is -0.556. The van der Waals surface area contributed by atoms with Crippen LogP contribution < -0.4 is 0 Å². The molecule has 0 aliphatic carbocycles. The molecule has 0 saturated carbocycles. The number of rotatable bonds is 8. The lowest BCUT2D eigenvalue weighted by atomic mass is 10.2. The SMILES string of the molecule is Cc1ccc(S(=O)(=O)N(C(C)OS(C)(=O)=O)N(S(C)(=O)=O)S(C)(=O)=O)cc1. The highest BCUT2D eigenvalue weighted by Crippen LogP contribution is 2.26. The van der Waals surface area contributed by atoms with Crippen LogP contribution in [0.15, 0.2) is 29.2 Å². The van der Waals surface area contributed by atoms with E-state index in [4.69, 9.17) is 0 Å². The number of aryl methyl sites for hydroxylation is 1. The van der Waals surface area contributed by atoms with Gasteiger partial charge in [-0.05, 0) is 29.8 Å². The van der Waals surface area contributed by atoms with Gasteiger partial charge in [-0.15, -0.1) is 0 Å². The van der Waals surface area contributed by atoms with Crippen molar-refractivity contribution in [3.63, 3.8) is 0 Å². The zero-order valence-electron chi connectivity index (χ0n) is 15.1. The monoisotopic (exact) mass is 464 g/mol. The van der Waals surface area contributed by atoms with Gasteiger partial charge in [0, 0.05) is 0 Å². The molecule has 0 aliphatic heterocycles. The second-order valence-corrected chi connectivity index (χ2v) is 12.9. The Hall–Kier alpha value is -1.10. The summed E-state index contributed by atoms with van der Waals surface area (Å²) in [6.45, 7) is 2.55. The van der Waals surface area contributed by atoms with Crippen molar-refractivity contribution >= 4 is 40.2 Å². The van der Waals surface area contributed by atoms with Gasteiger partial charge in [-0.2, -0.15) is 8.42 Å². The fraction of sp³-hybridized carbons (Fsp3) is 0.500. The van der Waals surface area contributed by atoms with E-state index in [1.807, 2.05) is 0 Å². The number of sulfonamides is 3. The first-order chi connectivity index (χ1) is 11.9. The van der Waals surface area contributed by atoms with Gasteiger partial charge in [0.2, 0.25) is 20.0 Å². The van der Waals surface area contributed by atoms with Crippen LogP contribution in [0.5, 0.6) is 0 Å². The quantitative estimate of drug-likeness (QED) is 0.280. The van der Waals surface area contributed by atoms with Gasteiger partial charge in [0.1, 0.15) is 0 Å². The summed E-state index contributed by atoms with van der Waals surface area (Å²) in [7, 11) is -18.5. The van der Waals surface area contributed by atoms with Crippen LogP contribution in [-0.4, -0.2) is 66.9 Å². The van der Waals surface area contributed by atoms with Gasteiger partial charge in [0.05, 0.1) is 23.7 Å². The van der Waals surface area contributed by atoms with E-state index in [9.17, 15) is 33.7 Å². The molecular weight excluding hydrogens is 444 g/mol. The highest BCUT2D eigenvalue weighted by atomic mass is 32.3. The Labute approximate surface area is 159 Å². The Morgan fingerprint density at radius 2 is 1.22 bits per heavy atom. The van der Waals surface area contributed by atoms with Gasteiger partial charge in [0.15, 0.2) is 6.23 Å². The summed E-state index contributed by atoms with van der Waals surface area (Å²) in [6.07, 6.45) is -0.501. The average molecular weight is 465 g/mol. The summed E-state index contributed by atoms with van der Waals surface area (Å²) in [5.41, 5.74) is 0.684. The van der Waals surface area contributed by atoms with Crippen molar-refractivity contribution in [1.82, 2.24) is 8.23 Å². The minimum Gasteiger partial charge on any atom is -0.249 e. The van der Waals surface area contributed by atoms with E-state index in [-0.39, 0.29) is 4.41 Å². The molecule has 1 atom stereocenters. The molecule has 1 unspecified atom stereocenters. The third kappa shape index (κ3) is 6.20. The van der Waals surface area contributed by atoms with Crippen LogP contribution in [0.3, 0.4) is 0 Å². The lowest BCUT2D eigenvalue weighted by Gasteiger charge is -2.33. The van der Waals surface area contributed by atoms with Crippen LogP contribution in [0.2, 0.25) is 0 Å². The molecule has 0 fully saturated rings. The van der Waals surface area contributed by atoms with E-state index in [1.54, 1.807) is 6.92 Å². The van der Waals surface area contributed by atoms with Crippen molar-refractivity contribution < 1.29 is 37.9 Å². The Balaban J connectivity index is 3.80. The van der Waals surface area contributed by atoms with Crippen molar-refractivity contribution in [3.05, 3.63) is 29.8 Å². The van der Waals surface area contributed by atoms with E-state index in [2.05, 4.69) is 4.18 Å². The zero-order chi connectivity index (χ0) is 21.4. The molecule has 0 amide bonds. The Morgan fingerprint density at radius 1 is 0.815 bits per heavy atom. The van der Waals surface area contributed by atoms with Gasteiger partial charge < -0.3 is 0 Å². The lowest BCUT2D eigenvalue weighted by molar-refractivity contribution is 0.0516. The van der Waals surface area contributed by atoms with Gasteiger partial charge >= 0.3 is 0 Å². The first kappa shape index (κ1) is 23.9. The van der Waals surface area contributed by atoms with Crippen LogP contribution in [0, 0.1) is 6.92 Å². The Kier molecular flexibility index (Phi) is 6.85. The van der Waals surface area contributed by atoms with Crippen LogP contribution >= 0.6 is 0 Å². The molecule has 0 aliphatic rings. The normalized spacial score (nSPS) is 15.2. The fourth-order valence-electron chi connectivity index (χ4n) is 2.06. The molecule has 0 spiro atoms. The molecule has 1 aromatic carbocycles. The zero-order valence-corrected chi connectivity index (χ0v) is 18.4. The molecule has 0 heterocycles. The van der Waals surface area contributed by atoms with E-state index < -0.39 is 55.1 Å². The summed E-state index contributed by atoms with van der Waals surface area (Å²) in [4.78, 5) is -0.464. The summed E-state index contributed by atoms with van der Waals surface area (Å²) in [5, 5.41) is 0. The third-order valence-corrected chi connectivity index (χ3v) is 8.69. The smallest absolute Gasteiger partial charge is 0.249 e. The molecular formula is C12H20N2O9S4. The second kappa shape index (κ2) is 7.73. The maximum absolute atomic E-state index is 13.0. The molecule has 15 heteroatoms. The predicted molar refractivity (Wildman–Crippen MR) is 97.1 cm³/mol. The first-order valence-corrected chi connectivity index (χ1v) is 14.0. The summed E-state index contributed by atoms with van der Waals surface area (Å²) in [6, 6.07) is 5.04. The summed E-state index contributed by atoms with van der Waals surface area (Å²) < 4.78 is 101.